The first-order valence-corrected chi connectivity index (χ1v) is 3.54. The standard InChI is InChI=1S/C9H13/c1-8(2)7-9-5-3-4-6-9/h5-6,8H,3,7H2,1-2H3. The molecule has 0 heterocycles. The lowest BCUT2D eigenvalue weighted by molar-refractivity contribution is 0.650. The summed E-state index contributed by atoms with van der Waals surface area (Å²) in [5, 5.41) is 0. The molecule has 0 fully saturated rings. The van der Waals surface area contributed by atoms with Crippen LogP contribution >= 0.6 is 0 Å². The van der Waals surface area contributed by atoms with Gasteiger partial charge >= 0.3 is 0 Å². The van der Waals surface area contributed by atoms with E-state index in [2.05, 4.69) is 32.1 Å². The first-order chi connectivity index (χ1) is 4.29. The van der Waals surface area contributed by atoms with Crippen LogP contribution < -0.4 is 0 Å². The van der Waals surface area contributed by atoms with Gasteiger partial charge in [-0.3, -0.25) is 0 Å². The lowest BCUT2D eigenvalue weighted by Crippen LogP contribution is -1.86. The molecule has 0 bridgehead atoms. The van der Waals surface area contributed by atoms with Crippen LogP contribution in [0.25, 0.3) is 0 Å². The molecule has 0 saturated carbocycles. The zero-order valence-corrected chi connectivity index (χ0v) is 6.15. The smallest absolute Gasteiger partial charge is 0.00887 e. The fourth-order valence-corrected chi connectivity index (χ4v) is 1.05. The minimum absolute atomic E-state index is 0.785. The summed E-state index contributed by atoms with van der Waals surface area (Å²) in [6.07, 6.45) is 9.77. The quantitative estimate of drug-likeness (QED) is 0.527. The number of hydrogen-bond donors (Lipinski definition) is 0. The van der Waals surface area contributed by atoms with E-state index >= 15 is 0 Å². The van der Waals surface area contributed by atoms with Gasteiger partial charge < -0.3 is 0 Å². The molecule has 9 heavy (non-hydrogen) atoms. The fourth-order valence-electron chi connectivity index (χ4n) is 1.05. The van der Waals surface area contributed by atoms with Crippen molar-refractivity contribution in [2.75, 3.05) is 0 Å². The van der Waals surface area contributed by atoms with E-state index in [1.807, 2.05) is 0 Å². The molecule has 0 aromatic rings. The summed E-state index contributed by atoms with van der Waals surface area (Å²) in [6.45, 7) is 4.49. The van der Waals surface area contributed by atoms with Crippen molar-refractivity contribution in [1.82, 2.24) is 0 Å². The highest BCUT2D eigenvalue weighted by Gasteiger charge is 1.99. The van der Waals surface area contributed by atoms with Gasteiger partial charge in [0.25, 0.3) is 0 Å². The van der Waals surface area contributed by atoms with E-state index in [1.165, 1.54) is 12.0 Å². The van der Waals surface area contributed by atoms with Crippen molar-refractivity contribution in [1.29, 1.82) is 0 Å². The summed E-state index contributed by atoms with van der Waals surface area (Å²) in [4.78, 5) is 0. The molecule has 1 aliphatic rings. The van der Waals surface area contributed by atoms with Gasteiger partial charge in [-0.05, 0) is 24.8 Å². The highest BCUT2D eigenvalue weighted by atomic mass is 14.0. The first kappa shape index (κ1) is 6.60. The average Bonchev–Trinajstić information content (AvgIpc) is 2.15. The van der Waals surface area contributed by atoms with E-state index in [0.717, 1.165) is 12.3 Å². The van der Waals surface area contributed by atoms with Crippen LogP contribution in [0.2, 0.25) is 0 Å². The Kier molecular flexibility index (Phi) is 2.10. The molecule has 0 aromatic carbocycles. The number of hydrogen-bond acceptors (Lipinski definition) is 0. The minimum Gasteiger partial charge on any atom is -0.0769 e. The maximum Gasteiger partial charge on any atom is -0.00887 e. The van der Waals surface area contributed by atoms with Crippen molar-refractivity contribution in [2.45, 2.75) is 26.7 Å². The molecule has 0 amide bonds. The van der Waals surface area contributed by atoms with Gasteiger partial charge in [0, 0.05) is 0 Å². The molecule has 1 rings (SSSR count). The zero-order chi connectivity index (χ0) is 6.69. The van der Waals surface area contributed by atoms with E-state index < -0.39 is 0 Å². The minimum atomic E-state index is 0.785. The van der Waals surface area contributed by atoms with Crippen LogP contribution in [-0.4, -0.2) is 0 Å². The molecule has 0 nitrogen and oxygen atoms in total. The van der Waals surface area contributed by atoms with Crippen LogP contribution in [-0.2, 0) is 0 Å². The Morgan fingerprint density at radius 3 is 2.89 bits per heavy atom. The van der Waals surface area contributed by atoms with Crippen molar-refractivity contribution in [3.05, 3.63) is 23.8 Å². The van der Waals surface area contributed by atoms with E-state index in [-0.39, 0.29) is 0 Å². The molecule has 49 valence electrons. The van der Waals surface area contributed by atoms with Gasteiger partial charge in [0.2, 0.25) is 0 Å². The van der Waals surface area contributed by atoms with E-state index in [9.17, 15) is 0 Å². The second-order valence-corrected chi connectivity index (χ2v) is 2.93. The molecule has 0 atom stereocenters. The summed E-state index contributed by atoms with van der Waals surface area (Å²) in [6, 6.07) is 0. The molecule has 1 aliphatic carbocycles. The first-order valence-electron chi connectivity index (χ1n) is 3.54. The van der Waals surface area contributed by atoms with Crippen LogP contribution in [0.1, 0.15) is 26.7 Å². The number of allylic oxidation sites excluding steroid dienone is 4. The van der Waals surface area contributed by atoms with Crippen molar-refractivity contribution >= 4 is 0 Å². The molecule has 0 spiro atoms. The molecule has 0 aliphatic heterocycles. The largest absolute Gasteiger partial charge is 0.0769 e. The van der Waals surface area contributed by atoms with Gasteiger partial charge in [-0.25, -0.2) is 0 Å². The molecular weight excluding hydrogens is 108 g/mol. The third-order valence-electron chi connectivity index (χ3n) is 1.41. The highest BCUT2D eigenvalue weighted by Crippen LogP contribution is 2.16. The van der Waals surface area contributed by atoms with Gasteiger partial charge in [-0.1, -0.05) is 31.6 Å². The molecule has 0 unspecified atom stereocenters. The maximum atomic E-state index is 3.16. The lowest BCUT2D eigenvalue weighted by Gasteiger charge is -2.01. The maximum absolute atomic E-state index is 3.16. The van der Waals surface area contributed by atoms with Crippen LogP contribution in [0.5, 0.6) is 0 Å². The van der Waals surface area contributed by atoms with Gasteiger partial charge in [0.1, 0.15) is 0 Å². The second kappa shape index (κ2) is 2.86. The number of rotatable bonds is 2. The molecule has 1 radical (unpaired) electrons. The Labute approximate surface area is 57.3 Å². The summed E-state index contributed by atoms with van der Waals surface area (Å²) >= 11 is 0. The topological polar surface area (TPSA) is 0 Å². The lowest BCUT2D eigenvalue weighted by atomic mass is 10.0. The van der Waals surface area contributed by atoms with Crippen LogP contribution in [0.4, 0.5) is 0 Å². The fraction of sp³-hybridized carbons (Fsp3) is 0.556. The van der Waals surface area contributed by atoms with Crippen LogP contribution in [0, 0.1) is 12.0 Å². The van der Waals surface area contributed by atoms with Crippen molar-refractivity contribution in [3.8, 4) is 0 Å². The monoisotopic (exact) mass is 121 g/mol. The van der Waals surface area contributed by atoms with Gasteiger partial charge in [-0.2, -0.15) is 0 Å². The van der Waals surface area contributed by atoms with Crippen molar-refractivity contribution < 1.29 is 0 Å². The van der Waals surface area contributed by atoms with Gasteiger partial charge in [-0.15, -0.1) is 0 Å². The Bertz CT molecular complexity index is 138. The molecule has 0 heteroatoms. The van der Waals surface area contributed by atoms with E-state index in [1.54, 1.807) is 0 Å². The Balaban J connectivity index is 2.35. The Morgan fingerprint density at radius 2 is 2.44 bits per heavy atom. The predicted octanol–water partition coefficient (Wildman–Crippen LogP) is 2.72. The normalized spacial score (nSPS) is 17.0. The van der Waals surface area contributed by atoms with E-state index in [4.69, 9.17) is 0 Å². The zero-order valence-electron chi connectivity index (χ0n) is 6.15. The average molecular weight is 121 g/mol. The Morgan fingerprint density at radius 1 is 1.67 bits per heavy atom. The van der Waals surface area contributed by atoms with Crippen LogP contribution in [0.3, 0.4) is 0 Å². The third kappa shape index (κ3) is 2.05. The van der Waals surface area contributed by atoms with Gasteiger partial charge in [0.15, 0.2) is 0 Å². The molecule has 0 aromatic heterocycles. The van der Waals surface area contributed by atoms with Crippen LogP contribution in [0.15, 0.2) is 17.7 Å². The third-order valence-corrected chi connectivity index (χ3v) is 1.41. The molecule has 0 N–H and O–H groups in total. The molecular formula is C9H13. The highest BCUT2D eigenvalue weighted by molar-refractivity contribution is 5.23. The van der Waals surface area contributed by atoms with Crippen molar-refractivity contribution in [3.63, 3.8) is 0 Å². The predicted molar refractivity (Wildman–Crippen MR) is 40.0 cm³/mol. The SMILES string of the molecule is CC(C)CC1=CC[C]=C1. The summed E-state index contributed by atoms with van der Waals surface area (Å²) in [7, 11) is 0. The Hall–Kier alpha value is -0.520. The van der Waals surface area contributed by atoms with E-state index in [0.29, 0.717) is 0 Å². The summed E-state index contributed by atoms with van der Waals surface area (Å²) in [5.74, 6) is 0.785. The van der Waals surface area contributed by atoms with Gasteiger partial charge in [0.05, 0.1) is 0 Å². The summed E-state index contributed by atoms with van der Waals surface area (Å²) in [5.41, 5.74) is 1.46. The summed E-state index contributed by atoms with van der Waals surface area (Å²) < 4.78 is 0. The molecule has 0 saturated heterocycles. The van der Waals surface area contributed by atoms with Crippen molar-refractivity contribution in [2.24, 2.45) is 5.92 Å². The second-order valence-electron chi connectivity index (χ2n) is 2.93.